The van der Waals surface area contributed by atoms with Crippen LogP contribution in [0.5, 0.6) is 0 Å². The van der Waals surface area contributed by atoms with Crippen LogP contribution in [-0.4, -0.2) is 23.4 Å². The van der Waals surface area contributed by atoms with Crippen molar-refractivity contribution >= 4 is 0 Å². The molecule has 3 rings (SSSR count). The fraction of sp³-hybridized carbons (Fsp3) is 0.882. The first-order chi connectivity index (χ1) is 10.7. The van der Waals surface area contributed by atoms with Gasteiger partial charge < -0.3 is 14.0 Å². The van der Waals surface area contributed by atoms with Crippen molar-refractivity contribution in [2.75, 3.05) is 7.11 Å². The van der Waals surface area contributed by atoms with E-state index in [1.807, 2.05) is 6.92 Å². The molecule has 2 fully saturated rings. The predicted molar refractivity (Wildman–Crippen MR) is 82.4 cm³/mol. The van der Waals surface area contributed by atoms with E-state index in [2.05, 4.69) is 10.1 Å². The van der Waals surface area contributed by atoms with Crippen LogP contribution in [0.15, 0.2) is 4.52 Å². The zero-order valence-corrected chi connectivity index (χ0v) is 13.8. The van der Waals surface area contributed by atoms with E-state index in [0.29, 0.717) is 17.8 Å². The summed E-state index contributed by atoms with van der Waals surface area (Å²) in [6.07, 6.45) is 11.9. The van der Waals surface area contributed by atoms with E-state index < -0.39 is 0 Å². The summed E-state index contributed by atoms with van der Waals surface area (Å²) in [6.45, 7) is 2.01. The highest BCUT2D eigenvalue weighted by Gasteiger charge is 2.40. The fourth-order valence-corrected chi connectivity index (χ4v) is 3.78. The Morgan fingerprint density at radius 3 is 2.41 bits per heavy atom. The van der Waals surface area contributed by atoms with E-state index >= 15 is 0 Å². The number of methoxy groups -OCH3 is 1. The molecule has 2 aliphatic rings. The molecule has 1 aromatic rings. The molecule has 0 saturated heterocycles. The van der Waals surface area contributed by atoms with Gasteiger partial charge in [-0.2, -0.15) is 4.98 Å². The van der Waals surface area contributed by atoms with Crippen molar-refractivity contribution in [3.05, 3.63) is 11.7 Å². The summed E-state index contributed by atoms with van der Waals surface area (Å²) >= 11 is 0. The Kier molecular flexibility index (Phi) is 5.14. The number of hydrogen-bond donors (Lipinski definition) is 0. The Balaban J connectivity index is 1.64. The van der Waals surface area contributed by atoms with E-state index in [-0.39, 0.29) is 11.7 Å². The molecule has 5 heteroatoms. The average molecular weight is 308 g/mol. The van der Waals surface area contributed by atoms with Gasteiger partial charge in [0.25, 0.3) is 5.89 Å². The third kappa shape index (κ3) is 3.35. The molecule has 0 aliphatic heterocycles. The second-order valence-electron chi connectivity index (χ2n) is 6.75. The molecule has 1 heterocycles. The van der Waals surface area contributed by atoms with Crippen molar-refractivity contribution in [2.45, 2.75) is 88.9 Å². The minimum Gasteiger partial charge on any atom is -0.370 e. The molecule has 0 bridgehead atoms. The smallest absolute Gasteiger partial charge is 0.255 e. The van der Waals surface area contributed by atoms with E-state index in [4.69, 9.17) is 14.0 Å². The fourth-order valence-electron chi connectivity index (χ4n) is 3.78. The van der Waals surface area contributed by atoms with Gasteiger partial charge in [0, 0.05) is 7.11 Å². The number of nitrogens with zero attached hydrogens (tertiary/aromatic N) is 2. The molecular formula is C17H28N2O3. The van der Waals surface area contributed by atoms with E-state index in [1.54, 1.807) is 7.11 Å². The lowest BCUT2D eigenvalue weighted by molar-refractivity contribution is -0.0259. The number of rotatable bonds is 5. The maximum absolute atomic E-state index is 6.16. The van der Waals surface area contributed by atoms with Crippen LogP contribution < -0.4 is 0 Å². The largest absolute Gasteiger partial charge is 0.370 e. The number of ether oxygens (including phenoxy) is 2. The first-order valence-corrected chi connectivity index (χ1v) is 8.78. The molecule has 0 radical (unpaired) electrons. The topological polar surface area (TPSA) is 57.4 Å². The zero-order valence-electron chi connectivity index (χ0n) is 13.8. The van der Waals surface area contributed by atoms with Crippen molar-refractivity contribution in [1.82, 2.24) is 10.1 Å². The summed E-state index contributed by atoms with van der Waals surface area (Å²) < 4.78 is 17.4. The molecule has 0 aromatic carbocycles. The van der Waals surface area contributed by atoms with Crippen molar-refractivity contribution in [2.24, 2.45) is 0 Å². The first kappa shape index (κ1) is 15.9. The highest BCUT2D eigenvalue weighted by Crippen LogP contribution is 2.40. The third-order valence-corrected chi connectivity index (χ3v) is 5.20. The molecule has 1 atom stereocenters. The molecule has 22 heavy (non-hydrogen) atoms. The standard InChI is InChI=1S/C17H28N2O3/c1-13(21-14-9-5-3-4-6-10-14)15-18-16(19-22-15)17(20-2)11-7-8-12-17/h13-14H,3-12H2,1-2H3. The second-order valence-corrected chi connectivity index (χ2v) is 6.75. The molecule has 2 aliphatic carbocycles. The van der Waals surface area contributed by atoms with Crippen molar-refractivity contribution < 1.29 is 14.0 Å². The van der Waals surface area contributed by atoms with Crippen LogP contribution in [0.4, 0.5) is 0 Å². The quantitative estimate of drug-likeness (QED) is 0.760. The van der Waals surface area contributed by atoms with Crippen molar-refractivity contribution in [3.63, 3.8) is 0 Å². The van der Waals surface area contributed by atoms with Crippen LogP contribution in [0.2, 0.25) is 0 Å². The zero-order chi connectivity index (χ0) is 15.4. The van der Waals surface area contributed by atoms with E-state index in [0.717, 1.165) is 38.5 Å². The van der Waals surface area contributed by atoms with Crippen LogP contribution in [0, 0.1) is 0 Å². The van der Waals surface area contributed by atoms with E-state index in [9.17, 15) is 0 Å². The SMILES string of the molecule is COC1(c2noc(C(C)OC3CCCCCC3)n2)CCCC1. The monoisotopic (exact) mass is 308 g/mol. The summed E-state index contributed by atoms with van der Waals surface area (Å²) in [6, 6.07) is 0. The molecule has 1 aromatic heterocycles. The Morgan fingerprint density at radius 2 is 1.77 bits per heavy atom. The van der Waals surface area contributed by atoms with Gasteiger partial charge in [-0.05, 0) is 45.4 Å². The minimum atomic E-state index is -0.343. The van der Waals surface area contributed by atoms with Gasteiger partial charge in [-0.3, -0.25) is 0 Å². The molecule has 0 spiro atoms. The summed E-state index contributed by atoms with van der Waals surface area (Å²) in [7, 11) is 1.74. The van der Waals surface area contributed by atoms with Gasteiger partial charge in [-0.1, -0.05) is 30.8 Å². The maximum atomic E-state index is 6.16. The maximum Gasteiger partial charge on any atom is 0.255 e. The Hall–Kier alpha value is -0.940. The predicted octanol–water partition coefficient (Wildman–Crippen LogP) is 4.29. The van der Waals surface area contributed by atoms with Crippen LogP contribution in [0.1, 0.15) is 89.0 Å². The van der Waals surface area contributed by atoms with Crippen molar-refractivity contribution in [3.8, 4) is 0 Å². The normalized spacial score (nSPS) is 24.3. The van der Waals surface area contributed by atoms with Gasteiger partial charge in [0.05, 0.1) is 6.10 Å². The molecule has 1 unspecified atom stereocenters. The van der Waals surface area contributed by atoms with Crippen LogP contribution in [-0.2, 0) is 15.1 Å². The number of aromatic nitrogens is 2. The Morgan fingerprint density at radius 1 is 1.09 bits per heavy atom. The van der Waals surface area contributed by atoms with Gasteiger partial charge in [0.15, 0.2) is 0 Å². The lowest BCUT2D eigenvalue weighted by atomic mass is 10.0. The second kappa shape index (κ2) is 7.09. The molecule has 5 nitrogen and oxygen atoms in total. The summed E-state index contributed by atoms with van der Waals surface area (Å²) in [5.41, 5.74) is -0.343. The van der Waals surface area contributed by atoms with E-state index in [1.165, 1.54) is 25.7 Å². The average Bonchev–Trinajstić information content (AvgIpc) is 3.14. The lowest BCUT2D eigenvalue weighted by Crippen LogP contribution is -2.26. The molecule has 124 valence electrons. The van der Waals surface area contributed by atoms with Gasteiger partial charge in [0.1, 0.15) is 11.7 Å². The highest BCUT2D eigenvalue weighted by atomic mass is 16.5. The van der Waals surface area contributed by atoms with Crippen LogP contribution in [0.25, 0.3) is 0 Å². The van der Waals surface area contributed by atoms with Gasteiger partial charge >= 0.3 is 0 Å². The molecule has 2 saturated carbocycles. The Bertz CT molecular complexity index is 460. The number of hydrogen-bond acceptors (Lipinski definition) is 5. The van der Waals surface area contributed by atoms with Gasteiger partial charge in [0.2, 0.25) is 5.82 Å². The minimum absolute atomic E-state index is 0.139. The van der Waals surface area contributed by atoms with Crippen LogP contribution >= 0.6 is 0 Å². The summed E-state index contributed by atoms with van der Waals surface area (Å²) in [5, 5.41) is 4.18. The van der Waals surface area contributed by atoms with Crippen molar-refractivity contribution in [1.29, 1.82) is 0 Å². The van der Waals surface area contributed by atoms with Crippen LogP contribution in [0.3, 0.4) is 0 Å². The van der Waals surface area contributed by atoms with Gasteiger partial charge in [-0.15, -0.1) is 0 Å². The molecule has 0 N–H and O–H groups in total. The summed E-state index contributed by atoms with van der Waals surface area (Å²) in [5.74, 6) is 1.28. The molecular weight excluding hydrogens is 280 g/mol. The first-order valence-electron chi connectivity index (χ1n) is 8.78. The third-order valence-electron chi connectivity index (χ3n) is 5.20. The summed E-state index contributed by atoms with van der Waals surface area (Å²) in [4.78, 5) is 4.60. The lowest BCUT2D eigenvalue weighted by Gasteiger charge is -2.22. The Labute approximate surface area is 132 Å². The van der Waals surface area contributed by atoms with Gasteiger partial charge in [-0.25, -0.2) is 0 Å². The highest BCUT2D eigenvalue weighted by molar-refractivity contribution is 5.05. The molecule has 0 amide bonds.